The highest BCUT2D eigenvalue weighted by Crippen LogP contribution is 2.23. The lowest BCUT2D eigenvalue weighted by molar-refractivity contribution is -0.121. The molecule has 1 atom stereocenters. The van der Waals surface area contributed by atoms with Gasteiger partial charge in [-0.1, -0.05) is 78.3 Å². The van der Waals surface area contributed by atoms with Gasteiger partial charge in [-0.25, -0.2) is 5.43 Å². The highest BCUT2D eigenvalue weighted by atomic mass is 35.5. The van der Waals surface area contributed by atoms with Crippen LogP contribution in [0.2, 0.25) is 5.02 Å². The number of nitrogens with zero attached hydrogens (tertiary/aromatic N) is 3. The van der Waals surface area contributed by atoms with Crippen LogP contribution in [0.1, 0.15) is 22.6 Å². The molecule has 0 fully saturated rings. The van der Waals surface area contributed by atoms with E-state index in [-0.39, 0.29) is 0 Å². The van der Waals surface area contributed by atoms with Crippen LogP contribution in [0.5, 0.6) is 0 Å². The third kappa shape index (κ3) is 4.50. The van der Waals surface area contributed by atoms with Gasteiger partial charge in [0.05, 0.1) is 12.3 Å². The fourth-order valence-corrected chi connectivity index (χ4v) is 3.67. The molecular weight excluding hydrogens is 408 g/mol. The number of aromatic nitrogens is 1. The number of carbonyl (C=O) groups is 1. The normalized spacial score (nSPS) is 12.0. The molecule has 1 aromatic heterocycles. The largest absolute Gasteiger partial charge is 0.342 e. The highest BCUT2D eigenvalue weighted by Gasteiger charge is 2.19. The van der Waals surface area contributed by atoms with E-state index in [4.69, 9.17) is 11.6 Å². The summed E-state index contributed by atoms with van der Waals surface area (Å²) < 4.78 is 2.10. The van der Waals surface area contributed by atoms with Gasteiger partial charge in [0.25, 0.3) is 5.91 Å². The summed E-state index contributed by atoms with van der Waals surface area (Å²) in [6, 6.07) is 26.7. The molecule has 1 amide bonds. The van der Waals surface area contributed by atoms with Gasteiger partial charge in [0.15, 0.2) is 5.92 Å². The maximum absolute atomic E-state index is 12.4. The van der Waals surface area contributed by atoms with E-state index in [0.717, 1.165) is 22.0 Å². The highest BCUT2D eigenvalue weighted by molar-refractivity contribution is 6.31. The smallest absolute Gasteiger partial charge is 0.261 e. The monoisotopic (exact) mass is 426 g/mol. The van der Waals surface area contributed by atoms with Gasteiger partial charge in [-0.3, -0.25) is 4.79 Å². The summed E-state index contributed by atoms with van der Waals surface area (Å²) in [5, 5.41) is 15.2. The van der Waals surface area contributed by atoms with Gasteiger partial charge >= 0.3 is 0 Å². The third-order valence-electron chi connectivity index (χ3n) is 5.02. The number of halogens is 1. The quantitative estimate of drug-likeness (QED) is 0.344. The fourth-order valence-electron chi connectivity index (χ4n) is 3.48. The van der Waals surface area contributed by atoms with Crippen LogP contribution < -0.4 is 5.43 Å². The SMILES string of the molecule is N#C[C@@H](C(=O)N/N=C\c1cn(Cc2ccccc2Cl)c2ccccc12)c1ccccc1. The Morgan fingerprint density at radius 2 is 1.77 bits per heavy atom. The topological polar surface area (TPSA) is 70.2 Å². The standard InChI is InChI=1S/C25H19ClN4O/c26-23-12-6-4-10-19(23)16-30-17-20(21-11-5-7-13-24(21)30)15-28-29-25(31)22(14-27)18-8-2-1-3-9-18/h1-13,15,17,22H,16H2,(H,29,31)/b28-15-/t22-/m1/s1. The number of hydrogen-bond acceptors (Lipinski definition) is 3. The molecule has 1 N–H and O–H groups in total. The number of nitrogens with one attached hydrogen (secondary N) is 1. The molecule has 0 spiro atoms. The predicted molar refractivity (Wildman–Crippen MR) is 123 cm³/mol. The van der Waals surface area contributed by atoms with Crippen LogP contribution in [0, 0.1) is 11.3 Å². The van der Waals surface area contributed by atoms with E-state index in [9.17, 15) is 10.1 Å². The van der Waals surface area contributed by atoms with Gasteiger partial charge in [-0.05, 0) is 23.3 Å². The van der Waals surface area contributed by atoms with Crippen molar-refractivity contribution >= 4 is 34.6 Å². The first-order chi connectivity index (χ1) is 15.2. The van der Waals surface area contributed by atoms with Crippen LogP contribution in [-0.4, -0.2) is 16.7 Å². The van der Waals surface area contributed by atoms with E-state index in [2.05, 4.69) is 15.1 Å². The molecule has 0 saturated carbocycles. The molecule has 4 aromatic rings. The summed E-state index contributed by atoms with van der Waals surface area (Å²) in [5.41, 5.74) is 6.03. The van der Waals surface area contributed by atoms with Crippen molar-refractivity contribution in [3.63, 3.8) is 0 Å². The van der Waals surface area contributed by atoms with E-state index in [1.165, 1.54) is 0 Å². The molecule has 152 valence electrons. The molecule has 3 aromatic carbocycles. The van der Waals surface area contributed by atoms with Crippen LogP contribution in [0.4, 0.5) is 0 Å². The number of para-hydroxylation sites is 1. The lowest BCUT2D eigenvalue weighted by Crippen LogP contribution is -2.24. The molecular formula is C25H19ClN4O. The van der Waals surface area contributed by atoms with E-state index >= 15 is 0 Å². The number of benzene rings is 3. The number of fused-ring (bicyclic) bond motifs is 1. The Bertz CT molecular complexity index is 1290. The minimum Gasteiger partial charge on any atom is -0.342 e. The Balaban J connectivity index is 1.56. The first kappa shape index (κ1) is 20.4. The molecule has 0 saturated heterocycles. The zero-order chi connectivity index (χ0) is 21.6. The molecule has 4 rings (SSSR count). The number of nitriles is 1. The lowest BCUT2D eigenvalue weighted by Gasteiger charge is -2.07. The maximum Gasteiger partial charge on any atom is 0.261 e. The van der Waals surface area contributed by atoms with Crippen molar-refractivity contribution in [3.05, 3.63) is 107 Å². The van der Waals surface area contributed by atoms with E-state index in [0.29, 0.717) is 17.1 Å². The zero-order valence-corrected chi connectivity index (χ0v) is 17.3. The summed E-state index contributed by atoms with van der Waals surface area (Å²) in [6.45, 7) is 0.616. The minimum atomic E-state index is -0.917. The molecule has 0 radical (unpaired) electrons. The first-order valence-electron chi connectivity index (χ1n) is 9.76. The number of amides is 1. The Hall–Kier alpha value is -3.88. The van der Waals surface area contributed by atoms with Crippen molar-refractivity contribution in [1.82, 2.24) is 9.99 Å². The average molecular weight is 427 g/mol. The zero-order valence-electron chi connectivity index (χ0n) is 16.6. The van der Waals surface area contributed by atoms with Gasteiger partial charge in [0.1, 0.15) is 0 Å². The van der Waals surface area contributed by atoms with Crippen molar-refractivity contribution in [2.75, 3.05) is 0 Å². The summed E-state index contributed by atoms with van der Waals surface area (Å²) in [6.07, 6.45) is 3.57. The lowest BCUT2D eigenvalue weighted by atomic mass is 10.0. The van der Waals surface area contributed by atoms with Crippen molar-refractivity contribution < 1.29 is 4.79 Å². The summed E-state index contributed by atoms with van der Waals surface area (Å²) in [7, 11) is 0. The van der Waals surface area contributed by atoms with Crippen molar-refractivity contribution in [2.45, 2.75) is 12.5 Å². The van der Waals surface area contributed by atoms with Crippen LogP contribution in [-0.2, 0) is 11.3 Å². The molecule has 6 heteroatoms. The number of hydrogen-bond donors (Lipinski definition) is 1. The molecule has 1 heterocycles. The molecule has 5 nitrogen and oxygen atoms in total. The number of carbonyl (C=O) groups excluding carboxylic acids is 1. The maximum atomic E-state index is 12.4. The summed E-state index contributed by atoms with van der Waals surface area (Å²) in [5.74, 6) is -1.38. The first-order valence-corrected chi connectivity index (χ1v) is 10.1. The van der Waals surface area contributed by atoms with Crippen molar-refractivity contribution in [1.29, 1.82) is 5.26 Å². The van der Waals surface area contributed by atoms with Crippen LogP contribution in [0.3, 0.4) is 0 Å². The second-order valence-electron chi connectivity index (χ2n) is 7.03. The Morgan fingerprint density at radius 3 is 2.55 bits per heavy atom. The van der Waals surface area contributed by atoms with Crippen molar-refractivity contribution in [2.24, 2.45) is 5.10 Å². The molecule has 0 aliphatic heterocycles. The molecule has 0 unspecified atom stereocenters. The van der Waals surface area contributed by atoms with E-state index in [1.807, 2.05) is 66.9 Å². The second kappa shape index (κ2) is 9.29. The Morgan fingerprint density at radius 1 is 1.06 bits per heavy atom. The van der Waals surface area contributed by atoms with E-state index in [1.54, 1.807) is 30.5 Å². The molecule has 0 aliphatic carbocycles. The van der Waals surface area contributed by atoms with Gasteiger partial charge in [-0.15, -0.1) is 0 Å². The van der Waals surface area contributed by atoms with Crippen LogP contribution >= 0.6 is 11.6 Å². The Kier molecular flexibility index (Phi) is 6.11. The summed E-state index contributed by atoms with van der Waals surface area (Å²) in [4.78, 5) is 12.4. The second-order valence-corrected chi connectivity index (χ2v) is 7.44. The Labute approximate surface area is 185 Å². The number of hydrazone groups is 1. The minimum absolute atomic E-state index is 0.468. The van der Waals surface area contributed by atoms with Gasteiger partial charge in [0, 0.05) is 34.2 Å². The number of rotatable bonds is 6. The molecule has 31 heavy (non-hydrogen) atoms. The fraction of sp³-hybridized carbons (Fsp3) is 0.0800. The van der Waals surface area contributed by atoms with Gasteiger partial charge in [-0.2, -0.15) is 10.4 Å². The van der Waals surface area contributed by atoms with Crippen LogP contribution in [0.15, 0.2) is 90.2 Å². The van der Waals surface area contributed by atoms with E-state index < -0.39 is 11.8 Å². The van der Waals surface area contributed by atoms with Gasteiger partial charge < -0.3 is 4.57 Å². The summed E-state index contributed by atoms with van der Waals surface area (Å²) >= 11 is 6.33. The molecule has 0 aliphatic rings. The molecule has 0 bridgehead atoms. The van der Waals surface area contributed by atoms with Crippen LogP contribution in [0.25, 0.3) is 10.9 Å². The predicted octanol–water partition coefficient (Wildman–Crippen LogP) is 5.10. The van der Waals surface area contributed by atoms with Gasteiger partial charge in [0.2, 0.25) is 0 Å². The van der Waals surface area contributed by atoms with Crippen molar-refractivity contribution in [3.8, 4) is 6.07 Å². The average Bonchev–Trinajstić information content (AvgIpc) is 3.14. The third-order valence-corrected chi connectivity index (χ3v) is 5.39.